The topological polar surface area (TPSA) is 17.1 Å². The molecule has 4 rings (SSSR count). The van der Waals surface area contributed by atoms with Crippen LogP contribution in [-0.4, -0.2) is 5.78 Å². The lowest BCUT2D eigenvalue weighted by Crippen LogP contribution is -2.17. The largest absolute Gasteiger partial charge is 0.294 e. The summed E-state index contributed by atoms with van der Waals surface area (Å²) in [5.41, 5.74) is 5.32. The first-order chi connectivity index (χ1) is 16.6. The van der Waals surface area contributed by atoms with Crippen LogP contribution in [0.4, 0.5) is 4.39 Å². The molecule has 0 bridgehead atoms. The van der Waals surface area contributed by atoms with E-state index >= 15 is 4.39 Å². The molecule has 0 saturated heterocycles. The predicted octanol–water partition coefficient (Wildman–Crippen LogP) is 9.29. The molecule has 1 nitrogen and oxygen atoms in total. The van der Waals surface area contributed by atoms with Gasteiger partial charge >= 0.3 is 0 Å². The number of carbonyl (C=O) groups excluding carboxylic acids is 1. The molecule has 1 aliphatic rings. The van der Waals surface area contributed by atoms with Crippen molar-refractivity contribution in [2.75, 3.05) is 0 Å². The molecule has 34 heavy (non-hydrogen) atoms. The molecular formula is C32H37FO. The van der Waals surface area contributed by atoms with Crippen LogP contribution in [0.2, 0.25) is 0 Å². The number of ketones is 1. The summed E-state index contributed by atoms with van der Waals surface area (Å²) in [4.78, 5) is 12.8. The minimum Gasteiger partial charge on any atom is -0.294 e. The second-order valence-corrected chi connectivity index (χ2v) is 10.0. The van der Waals surface area contributed by atoms with Crippen molar-refractivity contribution < 1.29 is 9.18 Å². The summed E-state index contributed by atoms with van der Waals surface area (Å²) >= 11 is 0. The van der Waals surface area contributed by atoms with Crippen LogP contribution < -0.4 is 0 Å². The van der Waals surface area contributed by atoms with Gasteiger partial charge in [-0.3, -0.25) is 4.79 Å². The molecule has 1 aliphatic carbocycles. The molecule has 0 N–H and O–H groups in total. The van der Waals surface area contributed by atoms with Gasteiger partial charge < -0.3 is 0 Å². The zero-order chi connectivity index (χ0) is 23.9. The van der Waals surface area contributed by atoms with Crippen LogP contribution >= 0.6 is 0 Å². The number of hydrogen-bond donors (Lipinski definition) is 0. The van der Waals surface area contributed by atoms with Crippen LogP contribution in [0, 0.1) is 17.7 Å². The molecule has 0 aromatic heterocycles. The molecule has 0 spiro atoms. The minimum absolute atomic E-state index is 0.216. The zero-order valence-electron chi connectivity index (χ0n) is 20.7. The molecule has 3 aromatic rings. The first-order valence-corrected chi connectivity index (χ1v) is 13.1. The summed E-state index contributed by atoms with van der Waals surface area (Å²) in [6, 6.07) is 21.3. The number of hydrogen-bond acceptors (Lipinski definition) is 1. The summed E-state index contributed by atoms with van der Waals surface area (Å²) in [5, 5.41) is 0. The Morgan fingerprint density at radius 2 is 1.38 bits per heavy atom. The fourth-order valence-corrected chi connectivity index (χ4v) is 5.43. The molecule has 0 aliphatic heterocycles. The quantitative estimate of drug-likeness (QED) is 0.293. The molecule has 0 heterocycles. The Hall–Kier alpha value is -2.74. The molecule has 3 aromatic carbocycles. The van der Waals surface area contributed by atoms with Crippen LogP contribution in [-0.2, 0) is 6.42 Å². The van der Waals surface area contributed by atoms with Gasteiger partial charge in [-0.05, 0) is 59.4 Å². The highest BCUT2D eigenvalue weighted by Crippen LogP contribution is 2.34. The van der Waals surface area contributed by atoms with Gasteiger partial charge in [0.2, 0.25) is 0 Å². The number of rotatable bonds is 9. The third-order valence-corrected chi connectivity index (χ3v) is 7.45. The first-order valence-electron chi connectivity index (χ1n) is 13.1. The van der Waals surface area contributed by atoms with E-state index in [0.717, 1.165) is 41.0 Å². The third kappa shape index (κ3) is 6.03. The maximum atomic E-state index is 15.0. The van der Waals surface area contributed by atoms with Crippen LogP contribution in [0.25, 0.3) is 22.3 Å². The van der Waals surface area contributed by atoms with E-state index in [1.165, 1.54) is 44.1 Å². The Kier molecular flexibility index (Phi) is 8.32. The smallest absolute Gasteiger partial charge is 0.163 e. The second kappa shape index (κ2) is 11.6. The van der Waals surface area contributed by atoms with E-state index in [-0.39, 0.29) is 11.6 Å². The highest BCUT2D eigenvalue weighted by molar-refractivity contribution is 5.96. The van der Waals surface area contributed by atoms with Crippen LogP contribution in [0.1, 0.15) is 81.1 Å². The normalized spacial score (nSPS) is 18.1. The van der Waals surface area contributed by atoms with Crippen molar-refractivity contribution in [3.63, 3.8) is 0 Å². The average molecular weight is 457 g/mol. The van der Waals surface area contributed by atoms with E-state index in [4.69, 9.17) is 0 Å². The summed E-state index contributed by atoms with van der Waals surface area (Å²) in [7, 11) is 0. The molecular weight excluding hydrogens is 419 g/mol. The summed E-state index contributed by atoms with van der Waals surface area (Å²) in [6.45, 7) is 4.43. The van der Waals surface area contributed by atoms with Crippen molar-refractivity contribution in [1.29, 1.82) is 0 Å². The molecule has 1 saturated carbocycles. The van der Waals surface area contributed by atoms with Crippen molar-refractivity contribution >= 4 is 5.78 Å². The van der Waals surface area contributed by atoms with Crippen LogP contribution in [0.3, 0.4) is 0 Å². The molecule has 1 fully saturated rings. The SMILES string of the molecule is CCCc1ccc(-c2ccc(-c3ccc(C(=O)CC4CCC(CCC)CC4)cc3)c(F)c2)cc1. The fraction of sp³-hybridized carbons (Fsp3) is 0.406. The molecule has 0 atom stereocenters. The van der Waals surface area contributed by atoms with Crippen molar-refractivity contribution in [1.82, 2.24) is 0 Å². The Balaban J connectivity index is 1.40. The molecule has 0 amide bonds. The number of halogens is 1. The second-order valence-electron chi connectivity index (χ2n) is 10.0. The maximum absolute atomic E-state index is 15.0. The Morgan fingerprint density at radius 1 is 0.765 bits per heavy atom. The van der Waals surface area contributed by atoms with E-state index in [0.29, 0.717) is 17.9 Å². The highest BCUT2D eigenvalue weighted by Gasteiger charge is 2.23. The molecule has 2 heteroatoms. The number of Topliss-reactive ketones (excluding diaryl/α,β-unsaturated/α-hetero) is 1. The lowest BCUT2D eigenvalue weighted by Gasteiger charge is -2.27. The Morgan fingerprint density at radius 3 is 2.00 bits per heavy atom. The van der Waals surface area contributed by atoms with Gasteiger partial charge in [0, 0.05) is 17.5 Å². The van der Waals surface area contributed by atoms with Gasteiger partial charge in [-0.2, -0.15) is 0 Å². The van der Waals surface area contributed by atoms with E-state index in [9.17, 15) is 4.79 Å². The van der Waals surface area contributed by atoms with E-state index in [2.05, 4.69) is 38.1 Å². The molecule has 0 unspecified atom stereocenters. The maximum Gasteiger partial charge on any atom is 0.163 e. The van der Waals surface area contributed by atoms with E-state index in [1.54, 1.807) is 6.07 Å². The minimum atomic E-state index is -0.238. The monoisotopic (exact) mass is 456 g/mol. The summed E-state index contributed by atoms with van der Waals surface area (Å²) < 4.78 is 15.0. The van der Waals surface area contributed by atoms with Gasteiger partial charge in [0.15, 0.2) is 5.78 Å². The van der Waals surface area contributed by atoms with Crippen LogP contribution in [0.15, 0.2) is 66.7 Å². The Labute approximate surface area is 204 Å². The van der Waals surface area contributed by atoms with Gasteiger partial charge in [0.1, 0.15) is 5.82 Å². The first kappa shape index (κ1) is 24.4. The highest BCUT2D eigenvalue weighted by atomic mass is 19.1. The van der Waals surface area contributed by atoms with Crippen molar-refractivity contribution in [2.45, 2.75) is 71.6 Å². The number of benzene rings is 3. The molecule has 0 radical (unpaired) electrons. The standard InChI is InChI=1S/C32H37FO/c1-3-5-23-7-9-25(10-8-23)21-32(34)28-17-15-27(16-18-28)30-20-19-29(22-31(30)33)26-13-11-24(6-4-2)12-14-26/h11-20,22-23,25H,3-10,21H2,1-2H3. The summed E-state index contributed by atoms with van der Waals surface area (Å²) in [5.74, 6) is 1.35. The summed E-state index contributed by atoms with van der Waals surface area (Å²) in [6.07, 6.45) is 10.3. The lowest BCUT2D eigenvalue weighted by molar-refractivity contribution is 0.0942. The van der Waals surface area contributed by atoms with Crippen molar-refractivity contribution in [3.05, 3.63) is 83.7 Å². The number of aryl methyl sites for hydroxylation is 1. The van der Waals surface area contributed by atoms with Gasteiger partial charge in [-0.15, -0.1) is 0 Å². The van der Waals surface area contributed by atoms with Gasteiger partial charge in [-0.1, -0.05) is 107 Å². The van der Waals surface area contributed by atoms with Crippen molar-refractivity contribution in [3.8, 4) is 22.3 Å². The number of carbonyl (C=O) groups is 1. The predicted molar refractivity (Wildman–Crippen MR) is 141 cm³/mol. The fourth-order valence-electron chi connectivity index (χ4n) is 5.43. The van der Waals surface area contributed by atoms with E-state index in [1.807, 2.05) is 36.4 Å². The average Bonchev–Trinajstić information content (AvgIpc) is 2.86. The van der Waals surface area contributed by atoms with Gasteiger partial charge in [0.25, 0.3) is 0 Å². The van der Waals surface area contributed by atoms with Crippen LogP contribution in [0.5, 0.6) is 0 Å². The van der Waals surface area contributed by atoms with E-state index < -0.39 is 0 Å². The third-order valence-electron chi connectivity index (χ3n) is 7.45. The molecule has 178 valence electrons. The van der Waals surface area contributed by atoms with Gasteiger partial charge in [-0.25, -0.2) is 4.39 Å². The zero-order valence-corrected chi connectivity index (χ0v) is 20.7. The Bertz CT molecular complexity index is 1070. The lowest BCUT2D eigenvalue weighted by atomic mass is 9.78. The van der Waals surface area contributed by atoms with Gasteiger partial charge in [0.05, 0.1) is 0 Å². The van der Waals surface area contributed by atoms with Crippen molar-refractivity contribution in [2.24, 2.45) is 11.8 Å².